The second-order valence-corrected chi connectivity index (χ2v) is 14.5. The number of benzene rings is 2. The molecule has 48 heavy (non-hydrogen) atoms. The smallest absolute Gasteiger partial charge is 0.258 e. The lowest BCUT2D eigenvalue weighted by Crippen LogP contribution is -2.59. The molecule has 4 N–H and O–H groups in total. The molecule has 256 valence electrons. The van der Waals surface area contributed by atoms with Crippen LogP contribution in [0.3, 0.4) is 0 Å². The topological polar surface area (TPSA) is 150 Å². The van der Waals surface area contributed by atoms with E-state index in [1.54, 1.807) is 30.6 Å². The van der Waals surface area contributed by atoms with Gasteiger partial charge in [-0.2, -0.15) is 11.8 Å². The van der Waals surface area contributed by atoms with E-state index in [0.29, 0.717) is 22.8 Å². The highest BCUT2D eigenvalue weighted by Crippen LogP contribution is 2.33. The highest BCUT2D eigenvalue weighted by molar-refractivity contribution is 8.03. The molecule has 2 aromatic carbocycles. The van der Waals surface area contributed by atoms with Crippen molar-refractivity contribution in [1.29, 1.82) is 0 Å². The summed E-state index contributed by atoms with van der Waals surface area (Å²) in [6, 6.07) is 13.4. The number of thioether (sulfide) groups is 2. The molecule has 4 atom stereocenters. The summed E-state index contributed by atoms with van der Waals surface area (Å²) in [5, 5.41) is 21.7. The first kappa shape index (κ1) is 36.8. The zero-order chi connectivity index (χ0) is 34.8. The van der Waals surface area contributed by atoms with E-state index < -0.39 is 53.4 Å². The van der Waals surface area contributed by atoms with Gasteiger partial charge in [0.05, 0.1) is 11.9 Å². The molecule has 2 heterocycles. The number of aliphatic hydroxyl groups is 1. The Kier molecular flexibility index (Phi) is 12.9. The largest absolute Gasteiger partial charge is 0.483 e. The van der Waals surface area contributed by atoms with Gasteiger partial charge in [-0.1, -0.05) is 49.0 Å². The summed E-state index contributed by atoms with van der Waals surface area (Å²) in [5.41, 5.74) is 0.232. The molecular weight excluding hydrogens is 651 g/mol. The van der Waals surface area contributed by atoms with Crippen LogP contribution in [0.2, 0.25) is 0 Å². The number of nitrogens with one attached hydrogen (secondary N) is 3. The van der Waals surface area contributed by atoms with Crippen LogP contribution < -0.4 is 20.7 Å². The van der Waals surface area contributed by atoms with Gasteiger partial charge in [0.1, 0.15) is 17.8 Å². The minimum absolute atomic E-state index is 0.127. The predicted molar refractivity (Wildman–Crippen MR) is 190 cm³/mol. The van der Waals surface area contributed by atoms with Crippen molar-refractivity contribution < 1.29 is 29.0 Å². The van der Waals surface area contributed by atoms with E-state index in [9.17, 15) is 24.3 Å². The highest BCUT2D eigenvalue weighted by Gasteiger charge is 2.43. The molecule has 1 aliphatic rings. The van der Waals surface area contributed by atoms with Gasteiger partial charge in [-0.05, 0) is 63.3 Å². The molecule has 3 aromatic rings. The molecule has 0 saturated carbocycles. The van der Waals surface area contributed by atoms with E-state index in [1.165, 1.54) is 28.4 Å². The van der Waals surface area contributed by atoms with E-state index in [2.05, 4.69) is 27.5 Å². The monoisotopic (exact) mass is 693 g/mol. The Labute approximate surface area is 289 Å². The summed E-state index contributed by atoms with van der Waals surface area (Å²) in [6.45, 7) is 9.15. The number of hydrogen-bond acceptors (Lipinski definition) is 9. The molecule has 0 aliphatic carbocycles. The number of carbonyl (C=O) groups excluding carboxylic acids is 4. The number of hydrogen-bond donors (Lipinski definition) is 4. The molecule has 0 radical (unpaired) electrons. The first-order valence-electron chi connectivity index (χ1n) is 15.6. The van der Waals surface area contributed by atoms with Crippen LogP contribution >= 0.6 is 23.5 Å². The van der Waals surface area contributed by atoms with Crippen molar-refractivity contribution in [2.75, 3.05) is 24.5 Å². The Morgan fingerprint density at radius 1 is 1.10 bits per heavy atom. The molecule has 1 fully saturated rings. The molecule has 0 spiro atoms. The number of amides is 4. The average Bonchev–Trinajstić information content (AvgIpc) is 3.45. The Balaban J connectivity index is 1.49. The number of carbonyl (C=O) groups is 4. The molecule has 11 nitrogen and oxygen atoms in total. The van der Waals surface area contributed by atoms with Crippen LogP contribution in [0.4, 0.5) is 0 Å². The van der Waals surface area contributed by atoms with Crippen LogP contribution in [-0.2, 0) is 25.6 Å². The van der Waals surface area contributed by atoms with Crippen molar-refractivity contribution in [1.82, 2.24) is 25.8 Å². The molecular formula is C35H43N5O6S2. The summed E-state index contributed by atoms with van der Waals surface area (Å²) in [4.78, 5) is 59.7. The van der Waals surface area contributed by atoms with Gasteiger partial charge in [0, 0.05) is 33.6 Å². The van der Waals surface area contributed by atoms with E-state index in [0.717, 1.165) is 16.3 Å². The molecule has 4 rings (SSSR count). The first-order valence-corrected chi connectivity index (χ1v) is 18.0. The second kappa shape index (κ2) is 16.8. The van der Waals surface area contributed by atoms with E-state index in [-0.39, 0.29) is 18.9 Å². The van der Waals surface area contributed by atoms with Crippen LogP contribution in [-0.4, -0.2) is 92.9 Å². The molecule has 1 saturated heterocycles. The van der Waals surface area contributed by atoms with Crippen LogP contribution in [0.15, 0.2) is 78.5 Å². The standard InChI is InChI=1S/C35H43N5O6S2/c1-22-30(33(44)39-35(2,3)4)40(21-48-22)34(45)31(42)27(18-23-10-7-6-8-11-23)38-32(43)26(15-17-47-5)37-29(41)20-46-28-13-9-12-24-19-36-16-14-25(24)28/h6-14,16,19,26-27,30-31,42H,1,15,17-18,20-21H2,2-5H3,(H,37,41)(H,38,43)(H,39,44)/t26-,27-,30-,31-/m0/s1. The maximum Gasteiger partial charge on any atom is 0.258 e. The molecule has 0 unspecified atom stereocenters. The van der Waals surface area contributed by atoms with Gasteiger partial charge >= 0.3 is 0 Å². The van der Waals surface area contributed by atoms with Crippen molar-refractivity contribution in [3.63, 3.8) is 0 Å². The fourth-order valence-corrected chi connectivity index (χ4v) is 6.68. The number of aliphatic hydroxyl groups excluding tert-OH is 1. The number of ether oxygens (including phenoxy) is 1. The lowest BCUT2D eigenvalue weighted by molar-refractivity contribution is -0.146. The second-order valence-electron chi connectivity index (χ2n) is 12.5. The van der Waals surface area contributed by atoms with Crippen molar-refractivity contribution in [2.45, 2.75) is 63.4 Å². The Morgan fingerprint density at radius 2 is 1.85 bits per heavy atom. The predicted octanol–water partition coefficient (Wildman–Crippen LogP) is 3.27. The maximum absolute atomic E-state index is 13.8. The Morgan fingerprint density at radius 3 is 2.56 bits per heavy atom. The fraction of sp³-hybridized carbons (Fsp3) is 0.400. The van der Waals surface area contributed by atoms with Crippen molar-refractivity contribution >= 4 is 57.9 Å². The molecule has 1 aromatic heterocycles. The Bertz CT molecular complexity index is 1610. The summed E-state index contributed by atoms with van der Waals surface area (Å²) in [7, 11) is 0. The van der Waals surface area contributed by atoms with E-state index in [4.69, 9.17) is 4.74 Å². The van der Waals surface area contributed by atoms with Gasteiger partial charge in [-0.25, -0.2) is 0 Å². The highest BCUT2D eigenvalue weighted by atomic mass is 32.2. The van der Waals surface area contributed by atoms with Gasteiger partial charge in [0.25, 0.3) is 11.8 Å². The third-order valence-corrected chi connectivity index (χ3v) is 9.20. The molecule has 4 amide bonds. The zero-order valence-electron chi connectivity index (χ0n) is 27.6. The van der Waals surface area contributed by atoms with Gasteiger partial charge in [-0.3, -0.25) is 24.2 Å². The van der Waals surface area contributed by atoms with Crippen LogP contribution in [0.1, 0.15) is 32.8 Å². The van der Waals surface area contributed by atoms with Crippen LogP contribution in [0, 0.1) is 0 Å². The quantitative estimate of drug-likeness (QED) is 0.200. The van der Waals surface area contributed by atoms with Crippen molar-refractivity contribution in [3.8, 4) is 5.75 Å². The van der Waals surface area contributed by atoms with Crippen LogP contribution in [0.25, 0.3) is 10.8 Å². The molecule has 13 heteroatoms. The van der Waals surface area contributed by atoms with Gasteiger partial charge in [0.15, 0.2) is 12.7 Å². The molecule has 0 bridgehead atoms. The number of rotatable bonds is 14. The zero-order valence-corrected chi connectivity index (χ0v) is 29.2. The molecule has 1 aliphatic heterocycles. The van der Waals surface area contributed by atoms with Gasteiger partial charge in [-0.15, -0.1) is 11.8 Å². The number of fused-ring (bicyclic) bond motifs is 1. The number of pyridine rings is 1. The SMILES string of the molecule is C=C1SCN(C(=O)[C@@H](O)[C@H](Cc2ccccc2)NC(=O)[C@H](CCSC)NC(=O)COc2cccc3cnccc23)[C@@H]1C(=O)NC(C)(C)C. The minimum Gasteiger partial charge on any atom is -0.483 e. The van der Waals surface area contributed by atoms with Crippen molar-refractivity contribution in [3.05, 3.63) is 84.0 Å². The minimum atomic E-state index is -1.69. The summed E-state index contributed by atoms with van der Waals surface area (Å²) < 4.78 is 5.81. The first-order chi connectivity index (χ1) is 22.9. The number of nitrogens with zero attached hydrogens (tertiary/aromatic N) is 2. The fourth-order valence-electron chi connectivity index (χ4n) is 5.23. The van der Waals surface area contributed by atoms with Crippen LogP contribution in [0.5, 0.6) is 5.75 Å². The summed E-state index contributed by atoms with van der Waals surface area (Å²) >= 11 is 2.77. The van der Waals surface area contributed by atoms with E-state index in [1.807, 2.05) is 63.4 Å². The maximum atomic E-state index is 13.8. The van der Waals surface area contributed by atoms with E-state index >= 15 is 0 Å². The Hall–Kier alpha value is -4.07. The van der Waals surface area contributed by atoms with Crippen molar-refractivity contribution in [2.24, 2.45) is 0 Å². The van der Waals surface area contributed by atoms with Gasteiger partial charge in [0.2, 0.25) is 11.8 Å². The summed E-state index contributed by atoms with van der Waals surface area (Å²) in [6.07, 6.45) is 3.98. The number of aromatic nitrogens is 1. The van der Waals surface area contributed by atoms with Gasteiger partial charge < -0.3 is 30.7 Å². The lowest BCUT2D eigenvalue weighted by atomic mass is 9.99. The average molecular weight is 694 g/mol. The lowest BCUT2D eigenvalue weighted by Gasteiger charge is -2.32. The third kappa shape index (κ3) is 9.97. The normalized spacial score (nSPS) is 16.6. The summed E-state index contributed by atoms with van der Waals surface area (Å²) in [5.74, 6) is -0.955. The third-order valence-electron chi connectivity index (χ3n) is 7.56.